The van der Waals surface area contributed by atoms with Gasteiger partial charge in [0, 0.05) is 19.1 Å². The molecule has 0 bridgehead atoms. The molecule has 1 saturated heterocycles. The molecule has 0 aromatic carbocycles. The zero-order chi connectivity index (χ0) is 14.8. The number of carbonyl (C=O) groups is 1. The fourth-order valence-electron chi connectivity index (χ4n) is 2.10. The minimum absolute atomic E-state index is 0.0696. The molecule has 1 aliphatic rings. The number of aromatic nitrogens is 1. The summed E-state index contributed by atoms with van der Waals surface area (Å²) in [5, 5.41) is 11.6. The Kier molecular flexibility index (Phi) is 4.17. The summed E-state index contributed by atoms with van der Waals surface area (Å²) < 4.78 is 41.6. The van der Waals surface area contributed by atoms with Gasteiger partial charge in [0.1, 0.15) is 6.26 Å². The van der Waals surface area contributed by atoms with Crippen LogP contribution in [0.25, 0.3) is 0 Å². The van der Waals surface area contributed by atoms with Crippen LogP contribution in [0.3, 0.4) is 0 Å². The Morgan fingerprint density at radius 1 is 1.50 bits per heavy atom. The molecule has 9 heteroatoms. The van der Waals surface area contributed by atoms with Crippen molar-refractivity contribution in [2.45, 2.75) is 25.1 Å². The normalized spacial score (nSPS) is 18.1. The predicted molar refractivity (Wildman–Crippen MR) is 62.6 cm³/mol. The molecular weight excluding hydrogens is 279 g/mol. The Morgan fingerprint density at radius 2 is 2.15 bits per heavy atom. The van der Waals surface area contributed by atoms with E-state index < -0.39 is 18.7 Å². The Bertz CT molecular complexity index is 467. The second-order valence-corrected chi connectivity index (χ2v) is 4.65. The molecule has 2 N–H and O–H groups in total. The number of nitrogens with one attached hydrogen (secondary N) is 1. The number of oxazole rings is 1. The molecule has 20 heavy (non-hydrogen) atoms. The second kappa shape index (κ2) is 5.70. The number of aromatic carboxylic acids is 1. The number of nitrogens with zero attached hydrogens (tertiary/aromatic N) is 2. The maximum absolute atomic E-state index is 12.2. The minimum atomic E-state index is -4.18. The molecule has 1 aromatic heterocycles. The van der Waals surface area contributed by atoms with Gasteiger partial charge in [-0.15, -0.1) is 0 Å². The summed E-state index contributed by atoms with van der Waals surface area (Å²) in [5.74, 6) is -1.19. The molecule has 1 fully saturated rings. The molecule has 0 amide bonds. The zero-order valence-corrected chi connectivity index (χ0v) is 10.5. The van der Waals surface area contributed by atoms with Crippen LogP contribution in [0.2, 0.25) is 0 Å². The van der Waals surface area contributed by atoms with Crippen LogP contribution in [0.15, 0.2) is 10.7 Å². The summed E-state index contributed by atoms with van der Waals surface area (Å²) in [6, 6.07) is 0.0106. The first-order chi connectivity index (χ1) is 9.33. The summed E-state index contributed by atoms with van der Waals surface area (Å²) in [5.41, 5.74) is -0.206. The molecule has 6 nitrogen and oxygen atoms in total. The maximum Gasteiger partial charge on any atom is 0.401 e. The molecule has 0 atom stereocenters. The summed E-state index contributed by atoms with van der Waals surface area (Å²) >= 11 is 0. The smallest absolute Gasteiger partial charge is 0.401 e. The van der Waals surface area contributed by atoms with Crippen LogP contribution in [0.1, 0.15) is 23.3 Å². The molecule has 0 unspecified atom stereocenters. The van der Waals surface area contributed by atoms with Crippen molar-refractivity contribution in [3.8, 4) is 0 Å². The van der Waals surface area contributed by atoms with Crippen LogP contribution in [-0.2, 0) is 0 Å². The Morgan fingerprint density at radius 3 is 2.65 bits per heavy atom. The van der Waals surface area contributed by atoms with Crippen LogP contribution < -0.4 is 5.32 Å². The minimum Gasteiger partial charge on any atom is -0.476 e. The van der Waals surface area contributed by atoms with E-state index in [-0.39, 0.29) is 17.8 Å². The highest BCUT2D eigenvalue weighted by atomic mass is 19.4. The number of hydrogen-bond acceptors (Lipinski definition) is 5. The topological polar surface area (TPSA) is 78.6 Å². The molecule has 0 saturated carbocycles. The van der Waals surface area contributed by atoms with Gasteiger partial charge in [-0.3, -0.25) is 4.90 Å². The van der Waals surface area contributed by atoms with E-state index in [1.807, 2.05) is 0 Å². The number of carboxylic acids is 1. The summed E-state index contributed by atoms with van der Waals surface area (Å²) in [4.78, 5) is 15.7. The van der Waals surface area contributed by atoms with Gasteiger partial charge in [0.05, 0.1) is 6.54 Å². The lowest BCUT2D eigenvalue weighted by atomic mass is 10.1. The largest absolute Gasteiger partial charge is 0.476 e. The molecule has 1 aromatic rings. The first-order valence-electron chi connectivity index (χ1n) is 6.08. The highest BCUT2D eigenvalue weighted by Crippen LogP contribution is 2.21. The van der Waals surface area contributed by atoms with Crippen molar-refractivity contribution in [3.63, 3.8) is 0 Å². The van der Waals surface area contributed by atoms with Crippen molar-refractivity contribution in [1.82, 2.24) is 9.88 Å². The molecule has 2 heterocycles. The number of halogens is 3. The molecule has 112 valence electrons. The second-order valence-electron chi connectivity index (χ2n) is 4.65. The molecule has 0 radical (unpaired) electrons. The van der Waals surface area contributed by atoms with E-state index in [1.165, 1.54) is 4.90 Å². The molecule has 0 aliphatic carbocycles. The van der Waals surface area contributed by atoms with Gasteiger partial charge >= 0.3 is 12.1 Å². The fourth-order valence-corrected chi connectivity index (χ4v) is 2.10. The van der Waals surface area contributed by atoms with Crippen molar-refractivity contribution in [3.05, 3.63) is 12.0 Å². The van der Waals surface area contributed by atoms with E-state index in [9.17, 15) is 18.0 Å². The lowest BCUT2D eigenvalue weighted by molar-refractivity contribution is -0.147. The number of alkyl halides is 3. The average Bonchev–Trinajstić information content (AvgIpc) is 2.78. The lowest BCUT2D eigenvalue weighted by Crippen LogP contribution is -2.43. The number of hydrogen-bond donors (Lipinski definition) is 2. The van der Waals surface area contributed by atoms with Crippen LogP contribution in [-0.4, -0.2) is 52.8 Å². The molecule has 0 spiro atoms. The lowest BCUT2D eigenvalue weighted by Gasteiger charge is -2.32. The van der Waals surface area contributed by atoms with Gasteiger partial charge in [0.2, 0.25) is 0 Å². The highest BCUT2D eigenvalue weighted by molar-refractivity contribution is 5.85. The third-order valence-corrected chi connectivity index (χ3v) is 3.04. The van der Waals surface area contributed by atoms with Crippen molar-refractivity contribution < 1.29 is 27.5 Å². The Balaban J connectivity index is 1.80. The zero-order valence-electron chi connectivity index (χ0n) is 10.5. The summed E-state index contributed by atoms with van der Waals surface area (Å²) in [6.45, 7) is -0.255. The van der Waals surface area contributed by atoms with E-state index in [0.717, 1.165) is 6.26 Å². The van der Waals surface area contributed by atoms with E-state index in [2.05, 4.69) is 10.3 Å². The summed E-state index contributed by atoms with van der Waals surface area (Å²) in [7, 11) is 0. The van der Waals surface area contributed by atoms with Gasteiger partial charge in [-0.2, -0.15) is 18.2 Å². The number of piperidine rings is 1. The summed E-state index contributed by atoms with van der Waals surface area (Å²) in [6.07, 6.45) is -2.13. The van der Waals surface area contributed by atoms with Gasteiger partial charge in [-0.05, 0) is 12.8 Å². The van der Waals surface area contributed by atoms with Crippen molar-refractivity contribution >= 4 is 12.0 Å². The van der Waals surface area contributed by atoms with Gasteiger partial charge in [0.15, 0.2) is 5.69 Å². The van der Waals surface area contributed by atoms with E-state index in [0.29, 0.717) is 25.9 Å². The highest BCUT2D eigenvalue weighted by Gasteiger charge is 2.32. The van der Waals surface area contributed by atoms with Crippen LogP contribution in [0.5, 0.6) is 0 Å². The van der Waals surface area contributed by atoms with Crippen molar-refractivity contribution in [2.75, 3.05) is 25.0 Å². The monoisotopic (exact) mass is 293 g/mol. The van der Waals surface area contributed by atoms with Crippen LogP contribution in [0.4, 0.5) is 19.2 Å². The van der Waals surface area contributed by atoms with E-state index in [1.54, 1.807) is 0 Å². The third-order valence-electron chi connectivity index (χ3n) is 3.04. The maximum atomic E-state index is 12.2. The van der Waals surface area contributed by atoms with Crippen LogP contribution in [0, 0.1) is 0 Å². The molecule has 2 rings (SSSR count). The Labute approximate surface area is 112 Å². The van der Waals surface area contributed by atoms with Gasteiger partial charge in [-0.25, -0.2) is 4.79 Å². The van der Waals surface area contributed by atoms with Crippen molar-refractivity contribution in [2.24, 2.45) is 0 Å². The third kappa shape index (κ3) is 4.12. The number of rotatable bonds is 4. The molecule has 1 aliphatic heterocycles. The fraction of sp³-hybridized carbons (Fsp3) is 0.636. The number of carboxylic acid groups (broad SMARTS) is 1. The first kappa shape index (κ1) is 14.6. The number of likely N-dealkylation sites (tertiary alicyclic amines) is 1. The first-order valence-corrected chi connectivity index (χ1v) is 6.08. The Hall–Kier alpha value is -1.77. The average molecular weight is 293 g/mol. The number of anilines is 1. The van der Waals surface area contributed by atoms with E-state index in [4.69, 9.17) is 9.52 Å². The van der Waals surface area contributed by atoms with Crippen LogP contribution >= 0.6 is 0 Å². The molecular formula is C11H14F3N3O3. The quantitative estimate of drug-likeness (QED) is 0.881. The van der Waals surface area contributed by atoms with E-state index >= 15 is 0 Å². The predicted octanol–water partition coefficient (Wildman–Crippen LogP) is 1.81. The standard InChI is InChI=1S/C11H14F3N3O3/c12-11(13,14)6-17-3-1-7(2-4-17)15-10-16-8(5-20-10)9(18)19/h5,7H,1-4,6H2,(H,15,16)(H,18,19). The van der Waals surface area contributed by atoms with Gasteiger partial charge in [-0.1, -0.05) is 0 Å². The van der Waals surface area contributed by atoms with Crippen molar-refractivity contribution in [1.29, 1.82) is 0 Å². The van der Waals surface area contributed by atoms with Gasteiger partial charge < -0.3 is 14.8 Å². The SMILES string of the molecule is O=C(O)c1coc(NC2CCN(CC(F)(F)F)CC2)n1. The van der Waals surface area contributed by atoms with Gasteiger partial charge in [0.25, 0.3) is 6.01 Å².